The number of thiophene rings is 1. The predicted molar refractivity (Wildman–Crippen MR) is 104 cm³/mol. The number of hydrogen-bond acceptors (Lipinski definition) is 7. The van der Waals surface area contributed by atoms with Gasteiger partial charge in [-0.15, -0.1) is 11.3 Å². The van der Waals surface area contributed by atoms with Gasteiger partial charge in [0.1, 0.15) is 22.3 Å². The minimum absolute atomic E-state index is 0.231. The molecule has 8 nitrogen and oxygen atoms in total. The Bertz CT molecular complexity index is 1170. The first-order valence-electron chi connectivity index (χ1n) is 8.40. The second-order valence-electron chi connectivity index (χ2n) is 5.84. The second kappa shape index (κ2) is 8.02. The van der Waals surface area contributed by atoms with Gasteiger partial charge in [0.25, 0.3) is 5.56 Å². The monoisotopic (exact) mass is 396 g/mol. The maximum absolute atomic E-state index is 12.8. The Hall–Kier alpha value is -3.51. The van der Waals surface area contributed by atoms with Crippen LogP contribution >= 0.6 is 11.3 Å². The molecule has 0 unspecified atom stereocenters. The molecule has 2 aromatic heterocycles. The fourth-order valence-corrected chi connectivity index (χ4v) is 3.73. The third kappa shape index (κ3) is 3.63. The number of anilines is 1. The number of rotatable bonds is 5. The molecular formula is C19H16N4O4S. The molecule has 0 aliphatic rings. The van der Waals surface area contributed by atoms with E-state index in [0.717, 1.165) is 11.3 Å². The van der Waals surface area contributed by atoms with Crippen LogP contribution in [0.5, 0.6) is 0 Å². The number of carbonyl (C=O) groups excluding carboxylic acids is 2. The van der Waals surface area contributed by atoms with Crippen molar-refractivity contribution < 1.29 is 14.3 Å². The molecule has 9 heteroatoms. The lowest BCUT2D eigenvalue weighted by atomic mass is 10.2. The lowest BCUT2D eigenvalue weighted by molar-refractivity contribution is -0.116. The van der Waals surface area contributed by atoms with Gasteiger partial charge in [0.2, 0.25) is 5.91 Å². The predicted octanol–water partition coefficient (Wildman–Crippen LogP) is 2.45. The van der Waals surface area contributed by atoms with E-state index < -0.39 is 17.4 Å². The first kappa shape index (κ1) is 19.3. The third-order valence-electron chi connectivity index (χ3n) is 4.01. The number of para-hydroxylation sites is 1. The number of ether oxygens (including phenoxy) is 1. The lowest BCUT2D eigenvalue weighted by Crippen LogP contribution is -2.28. The van der Waals surface area contributed by atoms with Gasteiger partial charge in [0.05, 0.1) is 29.6 Å². The van der Waals surface area contributed by atoms with Crippen LogP contribution in [0.25, 0.3) is 10.2 Å². The Kier molecular flexibility index (Phi) is 5.52. The normalized spacial score (nSPS) is 10.5. The van der Waals surface area contributed by atoms with Crippen LogP contribution in [0.15, 0.2) is 35.4 Å². The summed E-state index contributed by atoms with van der Waals surface area (Å²) in [5.74, 6) is -0.968. The summed E-state index contributed by atoms with van der Waals surface area (Å²) in [7, 11) is 0. The van der Waals surface area contributed by atoms with Crippen molar-refractivity contribution in [3.8, 4) is 6.07 Å². The number of amides is 1. The Balaban J connectivity index is 1.90. The van der Waals surface area contributed by atoms with Gasteiger partial charge in [-0.05, 0) is 31.5 Å². The first-order valence-corrected chi connectivity index (χ1v) is 9.22. The molecule has 0 fully saturated rings. The van der Waals surface area contributed by atoms with Crippen molar-refractivity contribution in [2.75, 3.05) is 11.9 Å². The van der Waals surface area contributed by atoms with Crippen molar-refractivity contribution in [3.05, 3.63) is 57.0 Å². The Morgan fingerprint density at radius 3 is 2.82 bits per heavy atom. The van der Waals surface area contributed by atoms with Gasteiger partial charge in [0, 0.05) is 0 Å². The molecule has 142 valence electrons. The molecule has 0 aliphatic heterocycles. The highest BCUT2D eigenvalue weighted by Crippen LogP contribution is 2.27. The van der Waals surface area contributed by atoms with E-state index in [4.69, 9.17) is 10.00 Å². The van der Waals surface area contributed by atoms with Crippen LogP contribution < -0.4 is 10.9 Å². The summed E-state index contributed by atoms with van der Waals surface area (Å²) < 4.78 is 6.17. The first-order chi connectivity index (χ1) is 13.5. The Morgan fingerprint density at radius 1 is 1.36 bits per heavy atom. The Morgan fingerprint density at radius 2 is 2.11 bits per heavy atom. The van der Waals surface area contributed by atoms with Crippen molar-refractivity contribution in [2.45, 2.75) is 20.4 Å². The minimum atomic E-state index is -0.500. The number of aromatic nitrogens is 2. The molecule has 3 rings (SSSR count). The highest BCUT2D eigenvalue weighted by molar-refractivity contribution is 7.20. The molecule has 0 radical (unpaired) electrons. The molecule has 1 amide bonds. The van der Waals surface area contributed by atoms with E-state index in [-0.39, 0.29) is 13.2 Å². The number of aryl methyl sites for hydroxylation is 1. The largest absolute Gasteiger partial charge is 0.462 e. The van der Waals surface area contributed by atoms with E-state index in [9.17, 15) is 14.4 Å². The maximum Gasteiger partial charge on any atom is 0.348 e. The SMILES string of the molecule is CCOC(=O)c1sc2ncn(CC(=O)Nc3ccccc3C#N)c(=O)c2c1C. The van der Waals surface area contributed by atoms with Crippen LogP contribution in [0.2, 0.25) is 0 Å². The van der Waals surface area contributed by atoms with Gasteiger partial charge < -0.3 is 10.1 Å². The maximum atomic E-state index is 12.8. The van der Waals surface area contributed by atoms with Crippen molar-refractivity contribution >= 4 is 39.1 Å². The third-order valence-corrected chi connectivity index (χ3v) is 5.19. The van der Waals surface area contributed by atoms with Crippen LogP contribution in [-0.2, 0) is 16.1 Å². The van der Waals surface area contributed by atoms with Crippen molar-refractivity contribution in [1.82, 2.24) is 9.55 Å². The average molecular weight is 396 g/mol. The molecule has 0 spiro atoms. The summed E-state index contributed by atoms with van der Waals surface area (Å²) in [6.45, 7) is 3.32. The van der Waals surface area contributed by atoms with Crippen LogP contribution in [0.4, 0.5) is 5.69 Å². The zero-order valence-electron chi connectivity index (χ0n) is 15.2. The summed E-state index contributed by atoms with van der Waals surface area (Å²) in [5.41, 5.74) is 0.761. The van der Waals surface area contributed by atoms with Gasteiger partial charge in [-0.1, -0.05) is 12.1 Å². The molecule has 2 heterocycles. The zero-order chi connectivity index (χ0) is 20.3. The van der Waals surface area contributed by atoms with Crippen LogP contribution in [0.3, 0.4) is 0 Å². The fraction of sp³-hybridized carbons (Fsp3) is 0.211. The molecular weight excluding hydrogens is 380 g/mol. The quantitative estimate of drug-likeness (QED) is 0.663. The number of nitriles is 1. The smallest absolute Gasteiger partial charge is 0.348 e. The van der Waals surface area contributed by atoms with Gasteiger partial charge in [-0.25, -0.2) is 9.78 Å². The van der Waals surface area contributed by atoms with Gasteiger partial charge >= 0.3 is 5.97 Å². The molecule has 1 N–H and O–H groups in total. The molecule has 0 bridgehead atoms. The van der Waals surface area contributed by atoms with Crippen LogP contribution in [-0.4, -0.2) is 28.0 Å². The summed E-state index contributed by atoms with van der Waals surface area (Å²) in [6, 6.07) is 8.57. The van der Waals surface area contributed by atoms with E-state index in [1.165, 1.54) is 10.9 Å². The second-order valence-corrected chi connectivity index (χ2v) is 6.84. The lowest BCUT2D eigenvalue weighted by Gasteiger charge is -2.08. The van der Waals surface area contributed by atoms with E-state index >= 15 is 0 Å². The van der Waals surface area contributed by atoms with Gasteiger partial charge in [0.15, 0.2) is 0 Å². The highest BCUT2D eigenvalue weighted by atomic mass is 32.1. The highest BCUT2D eigenvalue weighted by Gasteiger charge is 2.20. The fourth-order valence-electron chi connectivity index (χ4n) is 2.70. The minimum Gasteiger partial charge on any atom is -0.462 e. The summed E-state index contributed by atoms with van der Waals surface area (Å²) in [4.78, 5) is 42.1. The average Bonchev–Trinajstić information content (AvgIpc) is 3.02. The standard InChI is InChI=1S/C19H16N4O4S/c1-3-27-19(26)16-11(2)15-17(28-16)21-10-23(18(15)25)9-14(24)22-13-7-5-4-6-12(13)8-20/h4-7,10H,3,9H2,1-2H3,(H,22,24). The van der Waals surface area contributed by atoms with E-state index in [2.05, 4.69) is 10.3 Å². The number of hydrogen-bond donors (Lipinski definition) is 1. The summed E-state index contributed by atoms with van der Waals surface area (Å²) >= 11 is 1.09. The van der Waals surface area contributed by atoms with Crippen LogP contribution in [0.1, 0.15) is 27.7 Å². The molecule has 28 heavy (non-hydrogen) atoms. The number of fused-ring (bicyclic) bond motifs is 1. The molecule has 3 aromatic rings. The van der Waals surface area contributed by atoms with Gasteiger partial charge in [-0.2, -0.15) is 5.26 Å². The number of nitrogens with zero attached hydrogens (tertiary/aromatic N) is 3. The van der Waals surface area contributed by atoms with Crippen molar-refractivity contribution in [3.63, 3.8) is 0 Å². The van der Waals surface area contributed by atoms with Crippen molar-refractivity contribution in [2.24, 2.45) is 0 Å². The number of nitrogens with one attached hydrogen (secondary N) is 1. The molecule has 0 atom stereocenters. The number of benzene rings is 1. The zero-order valence-corrected chi connectivity index (χ0v) is 16.0. The van der Waals surface area contributed by atoms with Crippen LogP contribution in [0, 0.1) is 18.3 Å². The number of esters is 1. The van der Waals surface area contributed by atoms with E-state index in [1.54, 1.807) is 38.1 Å². The molecule has 0 saturated heterocycles. The molecule has 0 saturated carbocycles. The van der Waals surface area contributed by atoms with Gasteiger partial charge in [-0.3, -0.25) is 14.2 Å². The topological polar surface area (TPSA) is 114 Å². The molecule has 1 aromatic carbocycles. The number of carbonyl (C=O) groups is 2. The van der Waals surface area contributed by atoms with E-state index in [0.29, 0.717) is 31.9 Å². The van der Waals surface area contributed by atoms with E-state index in [1.807, 2.05) is 6.07 Å². The molecule has 0 aliphatic carbocycles. The van der Waals surface area contributed by atoms with Crippen molar-refractivity contribution in [1.29, 1.82) is 5.26 Å². The Labute approximate surface area is 164 Å². The summed E-state index contributed by atoms with van der Waals surface area (Å²) in [5, 5.41) is 12.0. The summed E-state index contributed by atoms with van der Waals surface area (Å²) in [6.07, 6.45) is 1.27.